The molecule has 2 fully saturated rings. The summed E-state index contributed by atoms with van der Waals surface area (Å²) in [6, 6.07) is 7.05. The molecule has 3 unspecified atom stereocenters. The zero-order valence-corrected chi connectivity index (χ0v) is 46.2. The number of amides is 11. The molecule has 0 aliphatic carbocycles. The van der Waals surface area contributed by atoms with Crippen molar-refractivity contribution in [3.8, 4) is 11.1 Å². The summed E-state index contributed by atoms with van der Waals surface area (Å²) < 4.78 is 16.0. The molecule has 2 aromatic rings. The lowest BCUT2D eigenvalue weighted by Gasteiger charge is -2.33. The van der Waals surface area contributed by atoms with Crippen molar-refractivity contribution in [1.29, 1.82) is 5.41 Å². The lowest BCUT2D eigenvalue weighted by molar-refractivity contribution is -0.133. The molecule has 0 spiro atoms. The van der Waals surface area contributed by atoms with Gasteiger partial charge in [-0.1, -0.05) is 42.5 Å². The maximum atomic E-state index is 14.5. The number of anilines is 1. The minimum atomic E-state index is -1.76. The van der Waals surface area contributed by atoms with E-state index in [0.29, 0.717) is 5.69 Å². The smallest absolute Gasteiger partial charge is 0.408 e. The molecule has 27 heteroatoms. The SMILES string of the molecule is C[C@@H]1NC(=O)C(NC(=O)OC(C)(C)C)CNC(=O)[C@H](C2CCNC(=N)N2)NC(=O)/C(=C/NC(=O)Nc2cccc(-c3ccccc3)c2)NC(=O)[C@H](CNC(=O)CC(CCCNC(=O)OC(C)(C)C)NC(=O)OC(C)(C)C)NC1=O. The van der Waals surface area contributed by atoms with E-state index in [1.54, 1.807) is 80.5 Å². The third-order valence-electron chi connectivity index (χ3n) is 11.1. The van der Waals surface area contributed by atoms with Crippen LogP contribution in [0, 0.1) is 5.41 Å². The zero-order chi connectivity index (χ0) is 58.7. The molecule has 11 amide bonds. The van der Waals surface area contributed by atoms with Crippen LogP contribution in [0.5, 0.6) is 0 Å². The first-order valence-electron chi connectivity index (χ1n) is 25.7. The number of ether oxygens (including phenoxy) is 3. The van der Waals surface area contributed by atoms with Gasteiger partial charge in [-0.3, -0.25) is 34.2 Å². The highest BCUT2D eigenvalue weighted by molar-refractivity contribution is 6.03. The van der Waals surface area contributed by atoms with Gasteiger partial charge in [-0.2, -0.15) is 0 Å². The zero-order valence-electron chi connectivity index (χ0n) is 46.2. The minimum Gasteiger partial charge on any atom is -0.444 e. The van der Waals surface area contributed by atoms with Crippen LogP contribution >= 0.6 is 0 Å². The van der Waals surface area contributed by atoms with E-state index in [4.69, 9.17) is 19.6 Å². The minimum absolute atomic E-state index is 0.106. The second-order valence-electron chi connectivity index (χ2n) is 21.5. The van der Waals surface area contributed by atoms with E-state index in [0.717, 1.165) is 17.3 Å². The van der Waals surface area contributed by atoms with Crippen molar-refractivity contribution < 1.29 is 62.2 Å². The van der Waals surface area contributed by atoms with E-state index < -0.39 is 138 Å². The highest BCUT2D eigenvalue weighted by atomic mass is 16.6. The second-order valence-corrected chi connectivity index (χ2v) is 21.5. The van der Waals surface area contributed by atoms with Gasteiger partial charge in [-0.15, -0.1) is 0 Å². The van der Waals surface area contributed by atoms with Crippen LogP contribution in [0.25, 0.3) is 11.1 Å². The van der Waals surface area contributed by atoms with Crippen molar-refractivity contribution in [2.24, 2.45) is 0 Å². The van der Waals surface area contributed by atoms with Gasteiger partial charge >= 0.3 is 24.3 Å². The molecule has 79 heavy (non-hydrogen) atoms. The van der Waals surface area contributed by atoms with Crippen LogP contribution in [-0.4, -0.2) is 145 Å². The fraction of sp³-hybridized carbons (Fsp3) is 0.519. The molecule has 0 radical (unpaired) electrons. The quantitative estimate of drug-likeness (QED) is 0.0725. The Balaban J connectivity index is 1.70. The molecule has 432 valence electrons. The maximum absolute atomic E-state index is 14.5. The summed E-state index contributed by atoms with van der Waals surface area (Å²) in [6.45, 7) is 15.0. The standard InChI is InChI=1S/C52H76N14O13/c1-29-40(68)62-35(26-56-38(67)25-33(61-48(75)78-51(5,6)7)20-15-22-55-47(74)77-50(2,3)4)42(70)63-36(28-58-46(73)60-32-19-14-18-31(24-32)30-16-12-11-13-17-30)43(71)66-39(34-21-23-54-45(53)64-34)44(72)57-27-37(41(69)59-29)65-49(76)79-52(8,9)10/h11-14,16-19,24,28-29,33-35,37,39H,15,20-23,25-27H2,1-10H3,(H,55,74)(H,56,67)(H,57,72)(H,59,69)(H,61,75)(H,62,68)(H,63,70)(H,65,76)(H,66,71)(H3,53,54,64)(H2,58,60,73)/b36-28-/t29-,33?,34?,35-,37?,39-/m0/s1. The number of hydrogen-bond donors (Lipinski definition) is 14. The Morgan fingerprint density at radius 1 is 0.722 bits per heavy atom. The Kier molecular flexibility index (Phi) is 22.8. The van der Waals surface area contributed by atoms with Crippen LogP contribution in [0.4, 0.5) is 24.9 Å². The number of rotatable bonds is 14. The van der Waals surface area contributed by atoms with Gasteiger partial charge in [-0.25, -0.2) is 19.2 Å². The van der Waals surface area contributed by atoms with Gasteiger partial charge in [0.2, 0.25) is 29.5 Å². The first-order valence-corrected chi connectivity index (χ1v) is 25.7. The van der Waals surface area contributed by atoms with Crippen LogP contribution in [0.15, 0.2) is 66.5 Å². The van der Waals surface area contributed by atoms with Gasteiger partial charge in [0.15, 0.2) is 5.96 Å². The van der Waals surface area contributed by atoms with Crippen molar-refractivity contribution in [3.05, 3.63) is 66.5 Å². The molecule has 4 rings (SSSR count). The fourth-order valence-electron chi connectivity index (χ4n) is 7.49. The molecular weight excluding hydrogens is 1030 g/mol. The number of nitrogens with one attached hydrogen (secondary N) is 14. The number of benzene rings is 2. The van der Waals surface area contributed by atoms with Gasteiger partial charge in [-0.05, 0) is 112 Å². The first-order chi connectivity index (χ1) is 36.9. The normalized spacial score (nSPS) is 20.6. The number of carbonyl (C=O) groups is 10. The van der Waals surface area contributed by atoms with Crippen molar-refractivity contribution in [1.82, 2.24) is 63.8 Å². The summed E-state index contributed by atoms with van der Waals surface area (Å²) in [5.74, 6) is -6.15. The number of hydrogen-bond acceptors (Lipinski definition) is 14. The lowest BCUT2D eigenvalue weighted by Crippen LogP contribution is -2.65. The highest BCUT2D eigenvalue weighted by Crippen LogP contribution is 2.22. The first kappa shape index (κ1) is 62.9. The molecular formula is C52H76N14O13. The van der Waals surface area contributed by atoms with Gasteiger partial charge < -0.3 is 83.3 Å². The van der Waals surface area contributed by atoms with E-state index in [-0.39, 0.29) is 38.3 Å². The van der Waals surface area contributed by atoms with Crippen LogP contribution < -0.4 is 69.1 Å². The summed E-state index contributed by atoms with van der Waals surface area (Å²) in [5.41, 5.74) is -1.38. The summed E-state index contributed by atoms with van der Waals surface area (Å²) in [7, 11) is 0. The van der Waals surface area contributed by atoms with E-state index in [1.807, 2.05) is 36.4 Å². The van der Waals surface area contributed by atoms with Crippen LogP contribution in [0.3, 0.4) is 0 Å². The van der Waals surface area contributed by atoms with Crippen LogP contribution in [-0.2, 0) is 43.0 Å². The molecule has 2 aromatic carbocycles. The fourth-order valence-corrected chi connectivity index (χ4v) is 7.49. The average Bonchev–Trinajstić information content (AvgIpc) is 3.35. The molecule has 0 aromatic heterocycles. The van der Waals surface area contributed by atoms with Crippen LogP contribution in [0.1, 0.15) is 94.9 Å². The van der Waals surface area contributed by atoms with Gasteiger partial charge in [0.25, 0.3) is 5.91 Å². The Labute approximate surface area is 458 Å². The van der Waals surface area contributed by atoms with Gasteiger partial charge in [0.1, 0.15) is 46.7 Å². The predicted molar refractivity (Wildman–Crippen MR) is 289 cm³/mol. The number of urea groups is 1. The Morgan fingerprint density at radius 3 is 2.03 bits per heavy atom. The van der Waals surface area contributed by atoms with Gasteiger partial charge in [0.05, 0.1) is 6.04 Å². The van der Waals surface area contributed by atoms with Crippen molar-refractivity contribution in [2.75, 3.05) is 31.5 Å². The molecule has 0 saturated carbocycles. The van der Waals surface area contributed by atoms with Crippen molar-refractivity contribution in [3.63, 3.8) is 0 Å². The Bertz CT molecular complexity index is 2580. The summed E-state index contributed by atoms with van der Waals surface area (Å²) in [5, 5.41) is 41.4. The molecule has 0 bridgehead atoms. The third-order valence-corrected chi connectivity index (χ3v) is 11.1. The number of carbonyl (C=O) groups excluding carboxylic acids is 10. The van der Waals surface area contributed by atoms with Crippen molar-refractivity contribution in [2.45, 2.75) is 148 Å². The topological polar surface area (TPSA) is 379 Å². The second kappa shape index (κ2) is 28.6. The Morgan fingerprint density at radius 2 is 1.37 bits per heavy atom. The molecule has 27 nitrogen and oxygen atoms in total. The lowest BCUT2D eigenvalue weighted by atomic mass is 10.0. The van der Waals surface area contributed by atoms with Gasteiger partial charge in [0, 0.05) is 50.5 Å². The van der Waals surface area contributed by atoms with E-state index in [1.165, 1.54) is 6.92 Å². The number of guanidine groups is 1. The monoisotopic (exact) mass is 1100 g/mol. The molecule has 2 aliphatic heterocycles. The molecule has 6 atom stereocenters. The Hall–Kier alpha value is -8.65. The highest BCUT2D eigenvalue weighted by Gasteiger charge is 2.37. The summed E-state index contributed by atoms with van der Waals surface area (Å²) >= 11 is 0. The van der Waals surface area contributed by atoms with E-state index in [9.17, 15) is 47.9 Å². The largest absolute Gasteiger partial charge is 0.444 e. The maximum Gasteiger partial charge on any atom is 0.408 e. The van der Waals surface area contributed by atoms with Crippen LogP contribution in [0.2, 0.25) is 0 Å². The number of alkyl carbamates (subject to hydrolysis) is 3. The third kappa shape index (κ3) is 23.2. The average molecular weight is 1110 g/mol. The molecule has 2 aliphatic rings. The van der Waals surface area contributed by atoms with E-state index >= 15 is 0 Å². The molecule has 2 saturated heterocycles. The van der Waals surface area contributed by atoms with Crippen molar-refractivity contribution >= 4 is 71.4 Å². The predicted octanol–water partition coefficient (Wildman–Crippen LogP) is 1.52. The molecule has 2 heterocycles. The summed E-state index contributed by atoms with van der Waals surface area (Å²) in [4.78, 5) is 136. The molecule has 14 N–H and O–H groups in total. The summed E-state index contributed by atoms with van der Waals surface area (Å²) in [6.07, 6.45) is -1.60. The van der Waals surface area contributed by atoms with E-state index in [2.05, 4.69) is 69.1 Å².